The number of nitrogens with zero attached hydrogens (tertiary/aromatic N) is 2. The van der Waals surface area contributed by atoms with Crippen molar-refractivity contribution in [3.05, 3.63) is 16.1 Å². The second kappa shape index (κ2) is 5.34. The predicted octanol–water partition coefficient (Wildman–Crippen LogP) is 1.21. The molecule has 1 unspecified atom stereocenters. The number of aromatic nitrogens is 1. The van der Waals surface area contributed by atoms with Gasteiger partial charge in [0.25, 0.3) is 0 Å². The second-order valence-electron chi connectivity index (χ2n) is 4.23. The van der Waals surface area contributed by atoms with E-state index in [1.165, 1.54) is 16.2 Å². The monoisotopic (exact) mass is 269 g/mol. The SMILES string of the molecule is Cc1csc(CNC(=O)N2CCCC2C(=O)O)n1. The van der Waals surface area contributed by atoms with Gasteiger partial charge in [-0.05, 0) is 19.8 Å². The minimum absolute atomic E-state index is 0.326. The molecule has 7 heteroatoms. The number of hydrogen-bond donors (Lipinski definition) is 2. The molecule has 1 aliphatic rings. The molecule has 2 N–H and O–H groups in total. The van der Waals surface area contributed by atoms with E-state index in [1.807, 2.05) is 12.3 Å². The van der Waals surface area contributed by atoms with Crippen LogP contribution in [0.4, 0.5) is 4.79 Å². The van der Waals surface area contributed by atoms with Crippen LogP contribution in [0.1, 0.15) is 23.5 Å². The molecule has 0 aromatic carbocycles. The van der Waals surface area contributed by atoms with E-state index < -0.39 is 12.0 Å². The van der Waals surface area contributed by atoms with E-state index in [0.717, 1.165) is 17.1 Å². The largest absolute Gasteiger partial charge is 0.480 e. The number of carbonyl (C=O) groups excluding carboxylic acids is 1. The van der Waals surface area contributed by atoms with Crippen LogP contribution < -0.4 is 5.32 Å². The highest BCUT2D eigenvalue weighted by atomic mass is 32.1. The number of carbonyl (C=O) groups is 2. The van der Waals surface area contributed by atoms with Gasteiger partial charge in [-0.1, -0.05) is 0 Å². The normalized spacial score (nSPS) is 18.9. The second-order valence-corrected chi connectivity index (χ2v) is 5.17. The molecule has 0 bridgehead atoms. The van der Waals surface area contributed by atoms with Gasteiger partial charge < -0.3 is 15.3 Å². The third-order valence-corrected chi connectivity index (χ3v) is 3.82. The van der Waals surface area contributed by atoms with Crippen LogP contribution in [-0.4, -0.2) is 39.6 Å². The number of aryl methyl sites for hydroxylation is 1. The van der Waals surface area contributed by atoms with Crippen LogP contribution in [0.2, 0.25) is 0 Å². The van der Waals surface area contributed by atoms with Gasteiger partial charge >= 0.3 is 12.0 Å². The first-order chi connectivity index (χ1) is 8.58. The van der Waals surface area contributed by atoms with E-state index in [-0.39, 0.29) is 6.03 Å². The van der Waals surface area contributed by atoms with Gasteiger partial charge in [0.05, 0.1) is 6.54 Å². The molecule has 0 aliphatic carbocycles. The Hall–Kier alpha value is -1.63. The van der Waals surface area contributed by atoms with Crippen molar-refractivity contribution in [1.82, 2.24) is 15.2 Å². The molecule has 2 amide bonds. The third kappa shape index (κ3) is 2.79. The van der Waals surface area contributed by atoms with Crippen molar-refractivity contribution >= 4 is 23.3 Å². The van der Waals surface area contributed by atoms with Gasteiger partial charge in [-0.15, -0.1) is 11.3 Å². The summed E-state index contributed by atoms with van der Waals surface area (Å²) < 4.78 is 0. The number of aliphatic carboxylic acids is 1. The Balaban J connectivity index is 1.89. The van der Waals surface area contributed by atoms with Crippen molar-refractivity contribution in [3.63, 3.8) is 0 Å². The maximum atomic E-state index is 11.9. The van der Waals surface area contributed by atoms with Gasteiger partial charge in [0, 0.05) is 17.6 Å². The lowest BCUT2D eigenvalue weighted by Crippen LogP contribution is -2.45. The Bertz CT molecular complexity index is 460. The first-order valence-corrected chi connectivity index (χ1v) is 6.64. The number of urea groups is 1. The summed E-state index contributed by atoms with van der Waals surface area (Å²) in [6, 6.07) is -1.02. The molecule has 1 aromatic heterocycles. The standard InChI is InChI=1S/C11H15N3O3S/c1-7-6-18-9(13-7)5-12-11(17)14-4-2-3-8(14)10(15)16/h6,8H,2-5H2,1H3,(H,12,17)(H,15,16). The Morgan fingerprint density at radius 3 is 3.06 bits per heavy atom. The van der Waals surface area contributed by atoms with E-state index in [0.29, 0.717) is 19.5 Å². The molecule has 0 spiro atoms. The van der Waals surface area contributed by atoms with Crippen LogP contribution >= 0.6 is 11.3 Å². The topological polar surface area (TPSA) is 82.5 Å². The van der Waals surface area contributed by atoms with E-state index in [2.05, 4.69) is 10.3 Å². The molecule has 6 nitrogen and oxygen atoms in total. The first-order valence-electron chi connectivity index (χ1n) is 5.76. The summed E-state index contributed by atoms with van der Waals surface area (Å²) in [6.07, 6.45) is 1.26. The van der Waals surface area contributed by atoms with Crippen LogP contribution in [0.15, 0.2) is 5.38 Å². The Labute approximate surface area is 109 Å². The molecule has 1 aromatic rings. The summed E-state index contributed by atoms with van der Waals surface area (Å²) in [5, 5.41) is 14.4. The summed E-state index contributed by atoms with van der Waals surface area (Å²) in [7, 11) is 0. The van der Waals surface area contributed by atoms with Gasteiger partial charge in [0.1, 0.15) is 11.0 Å². The Morgan fingerprint density at radius 2 is 2.44 bits per heavy atom. The Kier molecular flexibility index (Phi) is 3.81. The van der Waals surface area contributed by atoms with Gasteiger partial charge in [-0.25, -0.2) is 14.6 Å². The molecule has 1 atom stereocenters. The fraction of sp³-hybridized carbons (Fsp3) is 0.545. The molecule has 98 valence electrons. The van der Waals surface area contributed by atoms with Crippen molar-refractivity contribution in [2.75, 3.05) is 6.54 Å². The average Bonchev–Trinajstić information content (AvgIpc) is 2.94. The van der Waals surface area contributed by atoms with Crippen molar-refractivity contribution < 1.29 is 14.7 Å². The molecular weight excluding hydrogens is 254 g/mol. The number of carboxylic acid groups (broad SMARTS) is 1. The lowest BCUT2D eigenvalue weighted by Gasteiger charge is -2.21. The first kappa shape index (κ1) is 12.8. The number of rotatable bonds is 3. The number of nitrogens with one attached hydrogen (secondary N) is 1. The lowest BCUT2D eigenvalue weighted by molar-refractivity contribution is -0.141. The lowest BCUT2D eigenvalue weighted by atomic mass is 10.2. The molecule has 1 aliphatic heterocycles. The highest BCUT2D eigenvalue weighted by Crippen LogP contribution is 2.17. The fourth-order valence-electron chi connectivity index (χ4n) is 2.00. The van der Waals surface area contributed by atoms with E-state index >= 15 is 0 Å². The smallest absolute Gasteiger partial charge is 0.326 e. The zero-order chi connectivity index (χ0) is 13.1. The van der Waals surface area contributed by atoms with Crippen LogP contribution in [0.5, 0.6) is 0 Å². The molecule has 1 fully saturated rings. The molecule has 2 heterocycles. The quantitative estimate of drug-likeness (QED) is 0.864. The van der Waals surface area contributed by atoms with Crippen LogP contribution in [0.3, 0.4) is 0 Å². The molecule has 0 radical (unpaired) electrons. The van der Waals surface area contributed by atoms with Crippen LogP contribution in [0, 0.1) is 6.92 Å². The molecule has 18 heavy (non-hydrogen) atoms. The van der Waals surface area contributed by atoms with Crippen LogP contribution in [-0.2, 0) is 11.3 Å². The zero-order valence-corrected chi connectivity index (χ0v) is 10.9. The van der Waals surface area contributed by atoms with Crippen molar-refractivity contribution in [3.8, 4) is 0 Å². The van der Waals surface area contributed by atoms with Crippen molar-refractivity contribution in [1.29, 1.82) is 0 Å². The number of likely N-dealkylation sites (tertiary alicyclic amines) is 1. The summed E-state index contributed by atoms with van der Waals surface area (Å²) in [5.74, 6) is -0.937. The van der Waals surface area contributed by atoms with Gasteiger partial charge in [0.2, 0.25) is 0 Å². The minimum Gasteiger partial charge on any atom is -0.480 e. The third-order valence-electron chi connectivity index (χ3n) is 2.86. The van der Waals surface area contributed by atoms with Crippen LogP contribution in [0.25, 0.3) is 0 Å². The molecule has 1 saturated heterocycles. The predicted molar refractivity (Wildman–Crippen MR) is 66.5 cm³/mol. The molecule has 2 rings (SSSR count). The average molecular weight is 269 g/mol. The number of hydrogen-bond acceptors (Lipinski definition) is 4. The fourth-order valence-corrected chi connectivity index (χ4v) is 2.71. The summed E-state index contributed by atoms with van der Waals surface area (Å²) in [5.41, 5.74) is 0.925. The van der Waals surface area contributed by atoms with E-state index in [4.69, 9.17) is 5.11 Å². The highest BCUT2D eigenvalue weighted by Gasteiger charge is 2.33. The summed E-state index contributed by atoms with van der Waals surface area (Å²) in [4.78, 5) is 28.4. The van der Waals surface area contributed by atoms with Crippen molar-refractivity contribution in [2.45, 2.75) is 32.4 Å². The van der Waals surface area contributed by atoms with Gasteiger partial charge in [-0.2, -0.15) is 0 Å². The maximum Gasteiger partial charge on any atom is 0.326 e. The number of amides is 2. The van der Waals surface area contributed by atoms with E-state index in [9.17, 15) is 9.59 Å². The summed E-state index contributed by atoms with van der Waals surface area (Å²) >= 11 is 1.48. The number of carboxylic acids is 1. The minimum atomic E-state index is -0.937. The van der Waals surface area contributed by atoms with Crippen molar-refractivity contribution in [2.24, 2.45) is 0 Å². The number of thiazole rings is 1. The molecule has 0 saturated carbocycles. The Morgan fingerprint density at radius 1 is 1.67 bits per heavy atom. The zero-order valence-electron chi connectivity index (χ0n) is 10.0. The summed E-state index contributed by atoms with van der Waals surface area (Å²) in [6.45, 7) is 2.74. The van der Waals surface area contributed by atoms with Gasteiger partial charge in [0.15, 0.2) is 0 Å². The highest BCUT2D eigenvalue weighted by molar-refractivity contribution is 7.09. The van der Waals surface area contributed by atoms with Gasteiger partial charge in [-0.3, -0.25) is 0 Å². The van der Waals surface area contributed by atoms with E-state index in [1.54, 1.807) is 0 Å². The maximum absolute atomic E-state index is 11.9. The molecular formula is C11H15N3O3S.